The average molecular weight is 457 g/mol. The standard InChI is InChI=1S/C22H28N6O3S/c1-16-6-7-19(14-23-16)26-22(29)24-13-18-5-3-4-17-12-20(25-21(17)18)15-27-8-10-28(11-9-27)32(2,30)31/h3-7,12,14,25H,8-11,13,15H2,1-2H3,(H2,24,26,29). The highest BCUT2D eigenvalue weighted by Crippen LogP contribution is 2.21. The van der Waals surface area contributed by atoms with Crippen LogP contribution in [0, 0.1) is 6.92 Å². The number of sulfonamides is 1. The van der Waals surface area contributed by atoms with Crippen LogP contribution < -0.4 is 10.6 Å². The van der Waals surface area contributed by atoms with E-state index in [1.165, 1.54) is 10.6 Å². The number of nitrogens with one attached hydrogen (secondary N) is 3. The Kier molecular flexibility index (Phi) is 6.45. The summed E-state index contributed by atoms with van der Waals surface area (Å²) >= 11 is 0. The summed E-state index contributed by atoms with van der Waals surface area (Å²) in [5, 5.41) is 6.76. The predicted molar refractivity (Wildman–Crippen MR) is 125 cm³/mol. The first-order chi connectivity index (χ1) is 15.3. The Labute approximate surface area is 187 Å². The van der Waals surface area contributed by atoms with Gasteiger partial charge in [0.15, 0.2) is 0 Å². The molecule has 3 heterocycles. The number of carbonyl (C=O) groups is 1. The number of fused-ring (bicyclic) bond motifs is 1. The van der Waals surface area contributed by atoms with Crippen molar-refractivity contribution < 1.29 is 13.2 Å². The van der Waals surface area contributed by atoms with Crippen LogP contribution in [0.15, 0.2) is 42.6 Å². The zero-order chi connectivity index (χ0) is 22.7. The Bertz CT molecular complexity index is 1200. The zero-order valence-corrected chi connectivity index (χ0v) is 19.1. The summed E-state index contributed by atoms with van der Waals surface area (Å²) in [6.45, 7) is 5.43. The summed E-state index contributed by atoms with van der Waals surface area (Å²) in [7, 11) is -3.13. The quantitative estimate of drug-likeness (QED) is 0.527. The molecule has 0 atom stereocenters. The number of aryl methyl sites for hydroxylation is 1. The summed E-state index contributed by atoms with van der Waals surface area (Å²) < 4.78 is 24.9. The van der Waals surface area contributed by atoms with E-state index in [0.29, 0.717) is 38.4 Å². The first-order valence-corrected chi connectivity index (χ1v) is 12.4. The maximum Gasteiger partial charge on any atom is 0.319 e. The van der Waals surface area contributed by atoms with Crippen LogP contribution in [-0.4, -0.2) is 66.1 Å². The number of nitrogens with zero attached hydrogens (tertiary/aromatic N) is 3. The molecule has 2 aromatic heterocycles. The van der Waals surface area contributed by atoms with Crippen LogP contribution in [0.5, 0.6) is 0 Å². The third-order valence-corrected chi connectivity index (χ3v) is 6.90. The van der Waals surface area contributed by atoms with E-state index in [9.17, 15) is 13.2 Å². The maximum absolute atomic E-state index is 12.3. The number of piperazine rings is 1. The van der Waals surface area contributed by atoms with Gasteiger partial charge in [-0.1, -0.05) is 18.2 Å². The number of pyridine rings is 1. The lowest BCUT2D eigenvalue weighted by molar-refractivity contribution is 0.181. The first-order valence-electron chi connectivity index (χ1n) is 10.5. The van der Waals surface area contributed by atoms with Gasteiger partial charge in [0.1, 0.15) is 0 Å². The minimum Gasteiger partial charge on any atom is -0.357 e. The third-order valence-electron chi connectivity index (χ3n) is 5.60. The summed E-state index contributed by atoms with van der Waals surface area (Å²) in [6.07, 6.45) is 2.89. The number of anilines is 1. The van der Waals surface area contributed by atoms with Crippen molar-refractivity contribution in [2.45, 2.75) is 20.0 Å². The Balaban J connectivity index is 1.37. The molecule has 0 saturated carbocycles. The van der Waals surface area contributed by atoms with Crippen LogP contribution in [0.4, 0.5) is 10.5 Å². The van der Waals surface area contributed by atoms with Gasteiger partial charge in [-0.3, -0.25) is 9.88 Å². The maximum atomic E-state index is 12.3. The number of rotatable bonds is 6. The molecule has 0 spiro atoms. The molecule has 0 bridgehead atoms. The van der Waals surface area contributed by atoms with Gasteiger partial charge in [-0.2, -0.15) is 4.31 Å². The number of aromatic amines is 1. The number of hydrogen-bond acceptors (Lipinski definition) is 5. The first kappa shape index (κ1) is 22.3. The van der Waals surface area contributed by atoms with Gasteiger partial charge in [-0.25, -0.2) is 13.2 Å². The predicted octanol–water partition coefficient (Wildman–Crippen LogP) is 2.27. The van der Waals surface area contributed by atoms with E-state index in [1.54, 1.807) is 6.20 Å². The number of hydrogen-bond donors (Lipinski definition) is 3. The van der Waals surface area contributed by atoms with Gasteiger partial charge in [-0.15, -0.1) is 0 Å². The Morgan fingerprint density at radius 1 is 1.16 bits per heavy atom. The molecule has 0 radical (unpaired) electrons. The van der Waals surface area contributed by atoms with Crippen LogP contribution in [0.3, 0.4) is 0 Å². The third kappa shape index (κ3) is 5.45. The minimum absolute atomic E-state index is 0.289. The summed E-state index contributed by atoms with van der Waals surface area (Å²) in [6, 6.07) is 11.5. The van der Waals surface area contributed by atoms with Crippen molar-refractivity contribution in [3.05, 3.63) is 59.5 Å². The fraction of sp³-hybridized carbons (Fsp3) is 0.364. The summed E-state index contributed by atoms with van der Waals surface area (Å²) in [5.74, 6) is 0. The van der Waals surface area contributed by atoms with Gasteiger partial charge in [0, 0.05) is 56.0 Å². The molecule has 1 aromatic carbocycles. The average Bonchev–Trinajstić information content (AvgIpc) is 3.16. The SMILES string of the molecule is Cc1ccc(NC(=O)NCc2cccc3cc(CN4CCN(S(C)(=O)=O)CC4)[nH]c23)cn1. The molecule has 1 saturated heterocycles. The number of aromatic nitrogens is 2. The molecule has 10 heteroatoms. The second-order valence-electron chi connectivity index (χ2n) is 8.11. The fourth-order valence-electron chi connectivity index (χ4n) is 3.86. The number of H-pyrrole nitrogens is 1. The van der Waals surface area contributed by atoms with Crippen molar-refractivity contribution in [3.63, 3.8) is 0 Å². The zero-order valence-electron chi connectivity index (χ0n) is 18.3. The van der Waals surface area contributed by atoms with Crippen LogP contribution in [-0.2, 0) is 23.1 Å². The van der Waals surface area contributed by atoms with Gasteiger partial charge in [0.2, 0.25) is 10.0 Å². The van der Waals surface area contributed by atoms with E-state index in [-0.39, 0.29) is 6.03 Å². The number of para-hydroxylation sites is 1. The van der Waals surface area contributed by atoms with Gasteiger partial charge in [-0.05, 0) is 30.7 Å². The van der Waals surface area contributed by atoms with Crippen LogP contribution >= 0.6 is 0 Å². The lowest BCUT2D eigenvalue weighted by atomic mass is 10.1. The fourth-order valence-corrected chi connectivity index (χ4v) is 4.69. The molecule has 3 aromatic rings. The highest BCUT2D eigenvalue weighted by atomic mass is 32.2. The molecule has 0 unspecified atom stereocenters. The van der Waals surface area contributed by atoms with Gasteiger partial charge < -0.3 is 15.6 Å². The molecule has 1 aliphatic rings. The molecule has 170 valence electrons. The van der Waals surface area contributed by atoms with E-state index in [4.69, 9.17) is 0 Å². The van der Waals surface area contributed by atoms with Gasteiger partial charge in [0.05, 0.1) is 23.7 Å². The van der Waals surface area contributed by atoms with Crippen molar-refractivity contribution in [1.29, 1.82) is 0 Å². The Hall–Kier alpha value is -2.95. The lowest BCUT2D eigenvalue weighted by Gasteiger charge is -2.32. The van der Waals surface area contributed by atoms with Crippen LogP contribution in [0.2, 0.25) is 0 Å². The van der Waals surface area contributed by atoms with Crippen molar-refractivity contribution in [2.75, 3.05) is 37.8 Å². The second-order valence-corrected chi connectivity index (χ2v) is 10.1. The lowest BCUT2D eigenvalue weighted by Crippen LogP contribution is -2.47. The number of benzene rings is 1. The molecular weight excluding hydrogens is 428 g/mol. The molecule has 1 aliphatic heterocycles. The molecule has 1 fully saturated rings. The van der Waals surface area contributed by atoms with Gasteiger partial charge >= 0.3 is 6.03 Å². The largest absolute Gasteiger partial charge is 0.357 e. The highest BCUT2D eigenvalue weighted by molar-refractivity contribution is 7.88. The van der Waals surface area contributed by atoms with E-state index in [2.05, 4.69) is 31.6 Å². The highest BCUT2D eigenvalue weighted by Gasteiger charge is 2.23. The molecule has 32 heavy (non-hydrogen) atoms. The van der Waals surface area contributed by atoms with Crippen molar-refractivity contribution in [1.82, 2.24) is 24.5 Å². The van der Waals surface area contributed by atoms with Gasteiger partial charge in [0.25, 0.3) is 0 Å². The van der Waals surface area contributed by atoms with E-state index in [1.807, 2.05) is 37.3 Å². The van der Waals surface area contributed by atoms with Crippen LogP contribution in [0.25, 0.3) is 10.9 Å². The summed E-state index contributed by atoms with van der Waals surface area (Å²) in [5.41, 5.74) is 4.59. The number of urea groups is 1. The molecular formula is C22H28N6O3S. The molecule has 3 N–H and O–H groups in total. The number of carbonyl (C=O) groups excluding carboxylic acids is 1. The second kappa shape index (κ2) is 9.27. The van der Waals surface area contributed by atoms with E-state index in [0.717, 1.165) is 34.4 Å². The smallest absolute Gasteiger partial charge is 0.319 e. The van der Waals surface area contributed by atoms with Crippen molar-refractivity contribution in [3.8, 4) is 0 Å². The van der Waals surface area contributed by atoms with Crippen molar-refractivity contribution >= 4 is 32.6 Å². The minimum atomic E-state index is -3.13. The molecule has 4 rings (SSSR count). The normalized spacial score (nSPS) is 15.7. The van der Waals surface area contributed by atoms with E-state index < -0.39 is 10.0 Å². The Morgan fingerprint density at radius 3 is 2.62 bits per heavy atom. The summed E-state index contributed by atoms with van der Waals surface area (Å²) in [4.78, 5) is 22.2. The number of amides is 2. The van der Waals surface area contributed by atoms with Crippen molar-refractivity contribution in [2.24, 2.45) is 0 Å². The van der Waals surface area contributed by atoms with E-state index >= 15 is 0 Å². The Morgan fingerprint density at radius 2 is 1.94 bits per heavy atom. The molecule has 9 nitrogen and oxygen atoms in total. The topological polar surface area (TPSA) is 110 Å². The monoisotopic (exact) mass is 456 g/mol. The molecule has 0 aliphatic carbocycles. The molecule has 2 amide bonds. The van der Waals surface area contributed by atoms with Crippen LogP contribution in [0.1, 0.15) is 17.0 Å².